The Kier molecular flexibility index (Phi) is 3.91. The Labute approximate surface area is 115 Å². The molecule has 0 amide bonds. The molecule has 0 fully saturated rings. The molecule has 1 heterocycles. The molecule has 0 bridgehead atoms. The van der Waals surface area contributed by atoms with E-state index in [4.69, 9.17) is 5.11 Å². The highest BCUT2D eigenvalue weighted by atomic mass is 32.2. The first kappa shape index (κ1) is 14.3. The molecule has 0 radical (unpaired) electrons. The van der Waals surface area contributed by atoms with Crippen molar-refractivity contribution in [2.24, 2.45) is 0 Å². The zero-order chi connectivity index (χ0) is 14.8. The maximum absolute atomic E-state index is 12.0. The zero-order valence-corrected chi connectivity index (χ0v) is 11.5. The molecular formula is C11H14N4O4S. The van der Waals surface area contributed by atoms with E-state index in [-0.39, 0.29) is 13.0 Å². The van der Waals surface area contributed by atoms with E-state index in [1.807, 2.05) is 0 Å². The number of hydrogen-bond donors (Lipinski definition) is 3. The third-order valence-corrected chi connectivity index (χ3v) is 4.23. The third kappa shape index (κ3) is 3.25. The van der Waals surface area contributed by atoms with E-state index >= 15 is 0 Å². The van der Waals surface area contributed by atoms with E-state index in [0.717, 1.165) is 15.2 Å². The van der Waals surface area contributed by atoms with Gasteiger partial charge in [0.1, 0.15) is 0 Å². The van der Waals surface area contributed by atoms with E-state index < -0.39 is 16.2 Å². The summed E-state index contributed by atoms with van der Waals surface area (Å²) in [6.45, 7) is -0.0986. The molecule has 0 saturated carbocycles. The lowest BCUT2D eigenvalue weighted by atomic mass is 10.2. The monoisotopic (exact) mass is 298 g/mol. The van der Waals surface area contributed by atoms with Gasteiger partial charge in [-0.1, -0.05) is 0 Å². The van der Waals surface area contributed by atoms with Gasteiger partial charge in [0, 0.05) is 19.0 Å². The van der Waals surface area contributed by atoms with E-state index in [2.05, 4.69) is 14.9 Å². The van der Waals surface area contributed by atoms with Crippen molar-refractivity contribution in [1.82, 2.24) is 14.5 Å². The Morgan fingerprint density at radius 1 is 1.50 bits per heavy atom. The van der Waals surface area contributed by atoms with Crippen LogP contribution in [0.4, 0.5) is 5.69 Å². The molecule has 108 valence electrons. The number of aliphatic carboxylic acids is 1. The largest absolute Gasteiger partial charge is 0.481 e. The standard InChI is InChI=1S/C11H14N4O4S/c1-15(5-4-11(16)17)20(18,19)14-9-2-3-10-8(6-9)7-12-13-10/h2-3,6-7,14H,4-5H2,1H3,(H,12,13)(H,16,17). The molecule has 0 aliphatic carbocycles. The fourth-order valence-corrected chi connectivity index (χ4v) is 2.52. The summed E-state index contributed by atoms with van der Waals surface area (Å²) in [5.74, 6) is -1.05. The molecule has 20 heavy (non-hydrogen) atoms. The molecule has 0 aliphatic heterocycles. The van der Waals surface area contributed by atoms with E-state index in [0.29, 0.717) is 5.69 Å². The van der Waals surface area contributed by atoms with Crippen LogP contribution in [0.1, 0.15) is 6.42 Å². The van der Waals surface area contributed by atoms with Crippen LogP contribution in [0.2, 0.25) is 0 Å². The van der Waals surface area contributed by atoms with Crippen LogP contribution < -0.4 is 4.72 Å². The van der Waals surface area contributed by atoms with Crippen LogP contribution in [0.3, 0.4) is 0 Å². The number of hydrogen-bond acceptors (Lipinski definition) is 4. The van der Waals surface area contributed by atoms with Crippen LogP contribution in [0.25, 0.3) is 10.9 Å². The second-order valence-electron chi connectivity index (χ2n) is 4.24. The minimum Gasteiger partial charge on any atom is -0.481 e. The van der Waals surface area contributed by atoms with Gasteiger partial charge in [-0.3, -0.25) is 14.6 Å². The molecule has 1 aromatic heterocycles. The fourth-order valence-electron chi connectivity index (χ4n) is 1.61. The van der Waals surface area contributed by atoms with Crippen LogP contribution in [0.5, 0.6) is 0 Å². The number of aromatic nitrogens is 2. The average Bonchev–Trinajstić information content (AvgIpc) is 2.82. The summed E-state index contributed by atoms with van der Waals surface area (Å²) >= 11 is 0. The number of fused-ring (bicyclic) bond motifs is 1. The number of anilines is 1. The molecule has 0 saturated heterocycles. The predicted molar refractivity (Wildman–Crippen MR) is 73.5 cm³/mol. The van der Waals surface area contributed by atoms with Crippen LogP contribution in [-0.2, 0) is 15.0 Å². The lowest BCUT2D eigenvalue weighted by molar-refractivity contribution is -0.137. The number of rotatable bonds is 6. The van der Waals surface area contributed by atoms with Gasteiger partial charge in [-0.25, -0.2) is 0 Å². The number of nitrogens with zero attached hydrogens (tertiary/aromatic N) is 2. The molecule has 2 aromatic rings. The normalized spacial score (nSPS) is 11.9. The minimum atomic E-state index is -3.77. The summed E-state index contributed by atoms with van der Waals surface area (Å²) in [6, 6.07) is 4.95. The molecule has 3 N–H and O–H groups in total. The summed E-state index contributed by atoms with van der Waals surface area (Å²) < 4.78 is 27.3. The van der Waals surface area contributed by atoms with Crippen LogP contribution >= 0.6 is 0 Å². The topological polar surface area (TPSA) is 115 Å². The number of carboxylic acids is 1. The highest BCUT2D eigenvalue weighted by Crippen LogP contribution is 2.18. The number of carbonyl (C=O) groups is 1. The number of aromatic amines is 1. The summed E-state index contributed by atoms with van der Waals surface area (Å²) in [5, 5.41) is 15.9. The van der Waals surface area contributed by atoms with Crippen LogP contribution in [-0.4, -0.2) is 47.6 Å². The van der Waals surface area contributed by atoms with Crippen molar-refractivity contribution in [3.8, 4) is 0 Å². The van der Waals surface area contributed by atoms with Gasteiger partial charge in [-0.2, -0.15) is 17.8 Å². The lowest BCUT2D eigenvalue weighted by Crippen LogP contribution is -2.34. The molecule has 8 nitrogen and oxygen atoms in total. The molecule has 0 spiro atoms. The van der Waals surface area contributed by atoms with Crippen molar-refractivity contribution >= 4 is 32.8 Å². The van der Waals surface area contributed by atoms with Gasteiger partial charge in [0.15, 0.2) is 0 Å². The Morgan fingerprint density at radius 2 is 2.25 bits per heavy atom. The van der Waals surface area contributed by atoms with Crippen molar-refractivity contribution in [3.63, 3.8) is 0 Å². The Hall–Kier alpha value is -2.13. The van der Waals surface area contributed by atoms with Gasteiger partial charge < -0.3 is 5.11 Å². The molecule has 9 heteroatoms. The molecular weight excluding hydrogens is 284 g/mol. The van der Waals surface area contributed by atoms with Gasteiger partial charge in [-0.15, -0.1) is 0 Å². The van der Waals surface area contributed by atoms with Crippen molar-refractivity contribution in [2.75, 3.05) is 18.3 Å². The lowest BCUT2D eigenvalue weighted by Gasteiger charge is -2.17. The maximum Gasteiger partial charge on any atom is 0.304 e. The molecule has 0 atom stereocenters. The average molecular weight is 298 g/mol. The van der Waals surface area contributed by atoms with Gasteiger partial charge in [0.25, 0.3) is 0 Å². The van der Waals surface area contributed by atoms with Crippen LogP contribution in [0.15, 0.2) is 24.4 Å². The molecule has 1 aromatic carbocycles. The van der Waals surface area contributed by atoms with E-state index in [1.54, 1.807) is 24.4 Å². The Bertz CT molecular complexity index is 725. The number of nitrogens with one attached hydrogen (secondary N) is 2. The first-order chi connectivity index (χ1) is 9.38. The fraction of sp³-hybridized carbons (Fsp3) is 0.273. The van der Waals surface area contributed by atoms with E-state index in [9.17, 15) is 13.2 Å². The summed E-state index contributed by atoms with van der Waals surface area (Å²) in [5.41, 5.74) is 1.19. The summed E-state index contributed by atoms with van der Waals surface area (Å²) in [4.78, 5) is 10.5. The van der Waals surface area contributed by atoms with Crippen molar-refractivity contribution in [3.05, 3.63) is 24.4 Å². The number of benzene rings is 1. The first-order valence-corrected chi connectivity index (χ1v) is 7.21. The first-order valence-electron chi connectivity index (χ1n) is 5.77. The Morgan fingerprint density at radius 3 is 2.95 bits per heavy atom. The minimum absolute atomic E-state index is 0.0986. The van der Waals surface area contributed by atoms with Gasteiger partial charge in [0.2, 0.25) is 0 Å². The number of H-pyrrole nitrogens is 1. The highest BCUT2D eigenvalue weighted by Gasteiger charge is 2.18. The highest BCUT2D eigenvalue weighted by molar-refractivity contribution is 7.90. The van der Waals surface area contributed by atoms with Gasteiger partial charge in [0.05, 0.1) is 23.8 Å². The van der Waals surface area contributed by atoms with Gasteiger partial charge in [-0.05, 0) is 18.2 Å². The summed E-state index contributed by atoms with van der Waals surface area (Å²) in [6.07, 6.45) is 1.33. The third-order valence-electron chi connectivity index (χ3n) is 2.74. The summed E-state index contributed by atoms with van der Waals surface area (Å²) in [7, 11) is -2.45. The second kappa shape index (κ2) is 5.47. The zero-order valence-electron chi connectivity index (χ0n) is 10.7. The predicted octanol–water partition coefficient (Wildman–Crippen LogP) is 0.626. The maximum atomic E-state index is 12.0. The quantitative estimate of drug-likeness (QED) is 0.723. The van der Waals surface area contributed by atoms with Crippen LogP contribution in [0, 0.1) is 0 Å². The van der Waals surface area contributed by atoms with E-state index in [1.165, 1.54) is 7.05 Å². The van der Waals surface area contributed by atoms with Crippen molar-refractivity contribution < 1.29 is 18.3 Å². The Balaban J connectivity index is 2.12. The van der Waals surface area contributed by atoms with Crippen molar-refractivity contribution in [1.29, 1.82) is 0 Å². The molecule has 0 unspecified atom stereocenters. The number of carboxylic acid groups (broad SMARTS) is 1. The smallest absolute Gasteiger partial charge is 0.304 e. The van der Waals surface area contributed by atoms with Gasteiger partial charge >= 0.3 is 16.2 Å². The van der Waals surface area contributed by atoms with Crippen molar-refractivity contribution in [2.45, 2.75) is 6.42 Å². The molecule has 2 rings (SSSR count). The SMILES string of the molecule is CN(CCC(=O)O)S(=O)(=O)Nc1ccc2[nH]ncc2c1. The second-order valence-corrected chi connectivity index (χ2v) is 6.02. The molecule has 0 aliphatic rings.